The molecule has 12 nitrogen and oxygen atoms in total. The predicted molar refractivity (Wildman–Crippen MR) is 442 cm³/mol. The molecule has 16 aromatic rings. The van der Waals surface area contributed by atoms with Crippen LogP contribution in [-0.2, 0) is 77.0 Å². The molecule has 28 rings (SSSR count). The molecule has 16 heterocycles. The standard InChI is InChI=1S/4C25H17N3/c1-2-7-18-15(5-1)12-20-19(18)13-17-11-16-6-3-10-27-25(16)28-23-8-4-9-26-22(23)14-21(20)24(17)28;1-2-6-17-15(5-1)11-19-18(17)12-16-13-21-23(7-3-9-26-21)28-24-8-4-10-27-22(24)14-20(19)25(16)28;1-2-5-18-15(4-1)11-20-19(18)12-16-10-17-14-26-9-7-23(17)28-24-6-3-8-27-22(24)13-21(20)25(16)28;1-2-5-18-15(4-1)11-20-19(18)12-17-10-16-7-9-26-14-24(16)28-23-6-3-8-27-22(23)13-21(20)25(17)28/h1-10,13H,11-12,14H2;1-10,12H,11,13-14H2;2*1-9,12,14H,10-11,13H2. The molecule has 8 aromatic carbocycles. The van der Waals surface area contributed by atoms with Crippen molar-refractivity contribution in [1.82, 2.24) is 39.9 Å². The van der Waals surface area contributed by atoms with E-state index in [-0.39, 0.29) is 0 Å². The molecule has 12 aliphatic rings. The third-order valence-electron chi connectivity index (χ3n) is 25.7. The van der Waals surface area contributed by atoms with Gasteiger partial charge in [-0.3, -0.25) is 39.8 Å². The van der Waals surface area contributed by atoms with Crippen molar-refractivity contribution >= 4 is 68.4 Å². The second-order valence-corrected chi connectivity index (χ2v) is 31.5. The van der Waals surface area contributed by atoms with Crippen molar-refractivity contribution in [2.75, 3.05) is 19.6 Å². The van der Waals surface area contributed by atoms with Crippen molar-refractivity contribution in [3.05, 3.63) is 402 Å². The molecule has 112 heavy (non-hydrogen) atoms. The van der Waals surface area contributed by atoms with Crippen LogP contribution in [0.25, 0.3) is 44.5 Å². The van der Waals surface area contributed by atoms with Gasteiger partial charge in [0, 0.05) is 107 Å². The van der Waals surface area contributed by atoms with E-state index in [0.29, 0.717) is 0 Å². The zero-order chi connectivity index (χ0) is 73.0. The van der Waals surface area contributed by atoms with Crippen LogP contribution in [0.1, 0.15) is 134 Å². The average Bonchev–Trinajstić information content (AvgIpc) is 1.36. The van der Waals surface area contributed by atoms with Crippen LogP contribution in [0.15, 0.2) is 268 Å². The zero-order valence-corrected chi connectivity index (χ0v) is 61.3. The number of rotatable bonds is 0. The van der Waals surface area contributed by atoms with Gasteiger partial charge in [-0.1, -0.05) is 103 Å². The molecule has 0 radical (unpaired) electrons. The molecule has 8 aliphatic heterocycles. The summed E-state index contributed by atoms with van der Waals surface area (Å²) in [5, 5.41) is 0. The highest BCUT2D eigenvalue weighted by Crippen LogP contribution is 2.60. The second-order valence-electron chi connectivity index (χ2n) is 31.5. The summed E-state index contributed by atoms with van der Waals surface area (Å²) in [5.74, 6) is 1.06. The van der Waals surface area contributed by atoms with Crippen LogP contribution < -0.4 is 19.6 Å². The maximum absolute atomic E-state index is 4.78. The van der Waals surface area contributed by atoms with Gasteiger partial charge < -0.3 is 14.7 Å². The highest BCUT2D eigenvalue weighted by molar-refractivity contribution is 5.98. The maximum atomic E-state index is 4.78. The third-order valence-corrected chi connectivity index (χ3v) is 25.7. The summed E-state index contributed by atoms with van der Waals surface area (Å²) in [7, 11) is 0. The minimum absolute atomic E-state index is 0.889. The van der Waals surface area contributed by atoms with E-state index in [0.717, 1.165) is 111 Å². The Morgan fingerprint density at radius 3 is 0.955 bits per heavy atom. The Balaban J connectivity index is 0.0000000847. The Kier molecular flexibility index (Phi) is 13.2. The van der Waals surface area contributed by atoms with Crippen LogP contribution in [0.5, 0.6) is 0 Å². The number of hydrogen-bond acceptors (Lipinski definition) is 12. The maximum Gasteiger partial charge on any atom is 0.141 e. The topological polar surface area (TPSA) is 116 Å². The van der Waals surface area contributed by atoms with Crippen LogP contribution in [0.4, 0.5) is 68.4 Å². The minimum atomic E-state index is 0.889. The Morgan fingerprint density at radius 1 is 0.188 bits per heavy atom. The van der Waals surface area contributed by atoms with E-state index in [9.17, 15) is 0 Å². The molecule has 0 N–H and O–H groups in total. The molecule has 12 heteroatoms. The van der Waals surface area contributed by atoms with Crippen molar-refractivity contribution in [3.8, 4) is 44.5 Å². The molecule has 0 fully saturated rings. The first-order valence-corrected chi connectivity index (χ1v) is 39.3. The third kappa shape index (κ3) is 9.05. The fraction of sp³-hybridized carbons (Fsp3) is 0.120. The van der Waals surface area contributed by atoms with E-state index in [1.165, 1.54) is 213 Å². The number of fused-ring (bicyclic) bond motifs is 32. The van der Waals surface area contributed by atoms with Crippen LogP contribution >= 0.6 is 0 Å². The normalized spacial score (nSPS) is 14.6. The number of aromatic nitrogens is 8. The van der Waals surface area contributed by atoms with E-state index < -0.39 is 0 Å². The molecule has 0 spiro atoms. The summed E-state index contributed by atoms with van der Waals surface area (Å²) >= 11 is 0. The molecular formula is C100H68N12. The molecule has 8 aromatic heterocycles. The smallest absolute Gasteiger partial charge is 0.141 e. The van der Waals surface area contributed by atoms with E-state index in [1.54, 1.807) is 0 Å². The van der Waals surface area contributed by atoms with E-state index >= 15 is 0 Å². The highest BCUT2D eigenvalue weighted by Gasteiger charge is 2.42. The Bertz CT molecular complexity index is 5990. The number of hydrogen-bond donors (Lipinski definition) is 0. The Hall–Kier alpha value is -13.8. The summed E-state index contributed by atoms with van der Waals surface area (Å²) in [4.78, 5) is 47.0. The van der Waals surface area contributed by atoms with E-state index in [4.69, 9.17) is 29.9 Å². The van der Waals surface area contributed by atoms with Gasteiger partial charge in [0.1, 0.15) is 5.82 Å². The minimum Gasteiger partial charge on any atom is -0.308 e. The van der Waals surface area contributed by atoms with Gasteiger partial charge >= 0.3 is 0 Å². The summed E-state index contributed by atoms with van der Waals surface area (Å²) in [5.41, 5.74) is 57.8. The number of pyridine rings is 8. The van der Waals surface area contributed by atoms with Crippen LogP contribution in [-0.4, -0.2) is 39.9 Å². The fourth-order valence-corrected chi connectivity index (χ4v) is 21.1. The molecule has 0 amide bonds. The van der Waals surface area contributed by atoms with Gasteiger partial charge in [-0.15, -0.1) is 0 Å². The summed E-state index contributed by atoms with van der Waals surface area (Å²) in [6.45, 7) is 0. The lowest BCUT2D eigenvalue weighted by Crippen LogP contribution is -2.27. The molecular weight excluding hydrogens is 1370 g/mol. The van der Waals surface area contributed by atoms with Gasteiger partial charge in [0.25, 0.3) is 0 Å². The number of anilines is 12. The number of nitrogens with zero attached hydrogens (tertiary/aromatic N) is 12. The summed E-state index contributed by atoms with van der Waals surface area (Å²) in [6, 6.07) is 74.8. The molecule has 0 saturated heterocycles. The lowest BCUT2D eigenvalue weighted by Gasteiger charge is -2.39. The van der Waals surface area contributed by atoms with E-state index in [1.807, 2.05) is 98.4 Å². The molecule has 0 saturated carbocycles. The summed E-state index contributed by atoms with van der Waals surface area (Å²) in [6.07, 6.45) is 30.7. The highest BCUT2D eigenvalue weighted by atomic mass is 15.2. The van der Waals surface area contributed by atoms with Crippen molar-refractivity contribution in [2.24, 2.45) is 0 Å². The van der Waals surface area contributed by atoms with Gasteiger partial charge in [-0.2, -0.15) is 0 Å². The van der Waals surface area contributed by atoms with Crippen LogP contribution in [0.3, 0.4) is 0 Å². The van der Waals surface area contributed by atoms with Gasteiger partial charge in [0.2, 0.25) is 0 Å². The Morgan fingerprint density at radius 2 is 0.509 bits per heavy atom. The fourth-order valence-electron chi connectivity index (χ4n) is 21.1. The van der Waals surface area contributed by atoms with Crippen LogP contribution in [0, 0.1) is 0 Å². The zero-order valence-electron chi connectivity index (χ0n) is 61.3. The molecule has 0 unspecified atom stereocenters. The van der Waals surface area contributed by atoms with Gasteiger partial charge in [0.05, 0.1) is 97.2 Å². The van der Waals surface area contributed by atoms with Crippen molar-refractivity contribution in [3.63, 3.8) is 0 Å². The molecule has 0 bridgehead atoms. The van der Waals surface area contributed by atoms with Crippen molar-refractivity contribution < 1.29 is 0 Å². The SMILES string of the molecule is c1ccc2c(c1)Cc1c-2cc2c3c1Cc1ncccc1N3c1cccnc1C2.c1ccc2c(c1)Cc1c-2cc2c3c1Cc1ncccc1N3c1ccncc1C2.c1ccc2c(c1)Cc1c-2cc2c3c1Cc1ncccc1N3c1cnccc1C2.c1ccc2c(c1)Cc1c-2cc2c3c1Cc1ncccc1N3c1ncccc1C2. The molecule has 4 aliphatic carbocycles. The van der Waals surface area contributed by atoms with Crippen LogP contribution in [0.2, 0.25) is 0 Å². The number of benzene rings is 8. The van der Waals surface area contributed by atoms with Gasteiger partial charge in [-0.25, -0.2) is 4.98 Å². The first-order valence-electron chi connectivity index (χ1n) is 39.3. The molecule has 0 atom stereocenters. The predicted octanol–water partition coefficient (Wildman–Crippen LogP) is 21.3. The summed E-state index contributed by atoms with van der Waals surface area (Å²) < 4.78 is 0. The second kappa shape index (κ2) is 23.8. The molecule has 528 valence electrons. The monoisotopic (exact) mass is 1440 g/mol. The quantitative estimate of drug-likeness (QED) is 0.144. The first kappa shape index (κ1) is 62.1. The van der Waals surface area contributed by atoms with Gasteiger partial charge in [-0.05, 0) is 279 Å². The van der Waals surface area contributed by atoms with E-state index in [2.05, 4.69) is 199 Å². The van der Waals surface area contributed by atoms with Gasteiger partial charge in [0.15, 0.2) is 0 Å². The lowest BCUT2D eigenvalue weighted by atomic mass is 9.84. The average molecular weight is 1440 g/mol. The lowest BCUT2D eigenvalue weighted by molar-refractivity contribution is 0.936. The Labute approximate surface area is 647 Å². The largest absolute Gasteiger partial charge is 0.308 e. The first-order chi connectivity index (χ1) is 55.5. The van der Waals surface area contributed by atoms with Crippen molar-refractivity contribution in [1.29, 1.82) is 0 Å². The van der Waals surface area contributed by atoms with Crippen molar-refractivity contribution in [2.45, 2.75) is 77.0 Å².